The molecule has 6 N–H and O–H groups in total. The molecule has 11 amide bonds. The van der Waals surface area contributed by atoms with Gasteiger partial charge in [-0.15, -0.1) is 0 Å². The summed E-state index contributed by atoms with van der Waals surface area (Å²) >= 11 is 0. The molecule has 0 aromatic heterocycles. The lowest BCUT2D eigenvalue weighted by atomic mass is 9.91. The van der Waals surface area contributed by atoms with Crippen molar-refractivity contribution in [3.05, 3.63) is 12.2 Å². The maximum absolute atomic E-state index is 15.2. The Kier molecular flexibility index (Phi) is 34.7. The smallest absolute Gasteiger partial charge is 0.246 e. The summed E-state index contributed by atoms with van der Waals surface area (Å²) in [5.41, 5.74) is 0. The number of nitrogens with one attached hydrogen (secondary N) is 5. The number of aliphatic hydroxyl groups excluding tert-OH is 1. The zero-order chi connectivity index (χ0) is 71.2. The van der Waals surface area contributed by atoms with Crippen molar-refractivity contribution in [1.82, 2.24) is 60.9 Å². The van der Waals surface area contributed by atoms with Crippen LogP contribution in [0.15, 0.2) is 12.2 Å². The van der Waals surface area contributed by atoms with Crippen LogP contribution in [0.4, 0.5) is 0 Å². The SMILES string of the molecule is C/C=C/C[C@@H](C)[C@@H](O)[C@H]1C(=O)N[C@@H](CC)C(=O)N(C)[C@H](C)C(=O)N[C@@H]([C@H](C)COCCN2CCOCC2)C(=O)N[C@@H](C(C)C)C(=O)N(C)[C@@H](CC(C)C)C(=O)N[C@@H](C)C(=O)N[C@H](C)C(=O)N(C)[C@@H](CC(C)C)C(=O)N(C)[C@@H](CC(C)C)C(=O)N(C)[C@@H](C(C)C)C(=O)N1C. The number of hydrogen-bond acceptors (Lipinski definition) is 15. The summed E-state index contributed by atoms with van der Waals surface area (Å²) in [6.45, 7) is 32.7. The fraction of sp³-hybridized carbons (Fsp3) is 0.806. The topological polar surface area (TPSA) is 309 Å². The Labute approximate surface area is 555 Å². The summed E-state index contributed by atoms with van der Waals surface area (Å²) in [5.74, 6) is -10.8. The number of aliphatic hydroxyl groups is 1. The number of morpholine rings is 1. The highest BCUT2D eigenvalue weighted by atomic mass is 16.5. The molecule has 93 heavy (non-hydrogen) atoms. The van der Waals surface area contributed by atoms with Gasteiger partial charge >= 0.3 is 0 Å². The lowest BCUT2D eigenvalue weighted by molar-refractivity contribution is -0.157. The van der Waals surface area contributed by atoms with Gasteiger partial charge in [0.25, 0.3) is 0 Å². The number of allylic oxidation sites excluding steroid dienone is 2. The normalized spacial score (nSPS) is 27.8. The van der Waals surface area contributed by atoms with Gasteiger partial charge in [0.15, 0.2) is 0 Å². The number of rotatable bonds is 19. The van der Waals surface area contributed by atoms with Gasteiger partial charge in [-0.3, -0.25) is 57.6 Å². The van der Waals surface area contributed by atoms with E-state index >= 15 is 14.4 Å². The van der Waals surface area contributed by atoms with Gasteiger partial charge in [-0.2, -0.15) is 0 Å². The van der Waals surface area contributed by atoms with Crippen molar-refractivity contribution in [2.45, 2.75) is 222 Å². The number of amides is 11. The minimum Gasteiger partial charge on any atom is -0.390 e. The number of carbonyl (C=O) groups excluding carboxylic acids is 11. The van der Waals surface area contributed by atoms with Gasteiger partial charge in [0.1, 0.15) is 66.5 Å². The highest BCUT2D eigenvalue weighted by molar-refractivity contribution is 6.00. The van der Waals surface area contributed by atoms with E-state index in [1.807, 2.05) is 41.5 Å². The molecule has 26 nitrogen and oxygen atoms in total. The average Bonchev–Trinajstić information content (AvgIpc) is 0.855. The minimum absolute atomic E-state index is 0.00909. The first kappa shape index (κ1) is 82.8. The first-order valence-electron chi connectivity index (χ1n) is 33.6. The molecule has 2 aliphatic rings. The van der Waals surface area contributed by atoms with E-state index in [9.17, 15) is 43.5 Å². The summed E-state index contributed by atoms with van der Waals surface area (Å²) in [4.78, 5) is 172. The van der Waals surface area contributed by atoms with Crippen molar-refractivity contribution >= 4 is 65.0 Å². The Bertz CT molecular complexity index is 2530. The van der Waals surface area contributed by atoms with Gasteiger partial charge in [0.05, 0.1) is 32.5 Å². The molecule has 2 heterocycles. The van der Waals surface area contributed by atoms with Gasteiger partial charge in [-0.25, -0.2) is 0 Å². The summed E-state index contributed by atoms with van der Waals surface area (Å²) < 4.78 is 11.6. The highest BCUT2D eigenvalue weighted by Gasteiger charge is 2.46. The standard InChI is InChI=1S/C67H120N12O14/c1-24-26-27-43(13)56(80)55-61(85)70-48(25-2)63(87)73(18)47(17)58(82)72-53(44(14)37-93-33-30-79-28-31-92-32-29-79)60(84)71-52(41(9)10)66(90)74(19)49(34-38(3)4)59(83)68-45(15)57(81)69-46(16)62(86)75(20)50(35-39(5)6)64(88)76(21)51(36-40(7)8)65(89)77(22)54(42(11)12)67(91)78(55)23/h24,26,38-56,80H,25,27-37H2,1-23H3,(H,68,83)(H,69,81)(H,70,85)(H,71,84)(H,72,82)/b26-24+/t43-,44-,45+,46-,47-,48+,49+,50+,51+,52+,53+,54+,55+,56-/m1/s1. The van der Waals surface area contributed by atoms with Crippen molar-refractivity contribution in [2.75, 3.05) is 88.3 Å². The zero-order valence-electron chi connectivity index (χ0n) is 60.5. The molecule has 532 valence electrons. The summed E-state index contributed by atoms with van der Waals surface area (Å²) in [7, 11) is 8.47. The third kappa shape index (κ3) is 23.9. The molecule has 0 unspecified atom stereocenters. The van der Waals surface area contributed by atoms with Crippen LogP contribution in [-0.4, -0.2) is 265 Å². The van der Waals surface area contributed by atoms with Crippen LogP contribution in [0.5, 0.6) is 0 Å². The Balaban J connectivity index is 2.98. The van der Waals surface area contributed by atoms with Crippen molar-refractivity contribution < 1.29 is 67.3 Å². The molecular formula is C67H120N12O14. The molecule has 0 aromatic carbocycles. The average molecular weight is 1320 g/mol. The number of nitrogens with zero attached hydrogens (tertiary/aromatic N) is 7. The van der Waals surface area contributed by atoms with E-state index in [4.69, 9.17) is 9.47 Å². The van der Waals surface area contributed by atoms with Crippen LogP contribution in [0.2, 0.25) is 0 Å². The van der Waals surface area contributed by atoms with E-state index in [0.717, 1.165) is 22.9 Å². The number of ether oxygens (including phenoxy) is 2. The second kappa shape index (κ2) is 38.9. The van der Waals surface area contributed by atoms with Gasteiger partial charge in [-0.1, -0.05) is 102 Å². The van der Waals surface area contributed by atoms with Crippen molar-refractivity contribution in [3.63, 3.8) is 0 Å². The van der Waals surface area contributed by atoms with E-state index in [1.54, 1.807) is 67.5 Å². The Morgan fingerprint density at radius 3 is 1.51 bits per heavy atom. The molecule has 14 atom stereocenters. The minimum atomic E-state index is -1.64. The predicted octanol–water partition coefficient (Wildman–Crippen LogP) is 2.25. The summed E-state index contributed by atoms with van der Waals surface area (Å²) in [6, 6.07) is -14.1. The summed E-state index contributed by atoms with van der Waals surface area (Å²) in [6.07, 6.45) is 2.77. The van der Waals surface area contributed by atoms with Crippen LogP contribution < -0.4 is 26.6 Å². The Hall–Kier alpha value is -6.25. The zero-order valence-corrected chi connectivity index (χ0v) is 60.5. The van der Waals surface area contributed by atoms with E-state index in [0.29, 0.717) is 32.8 Å². The number of likely N-dealkylation sites (N-methyl/N-ethyl adjacent to an activating group) is 6. The molecule has 2 saturated heterocycles. The molecule has 0 aliphatic carbocycles. The van der Waals surface area contributed by atoms with Crippen molar-refractivity contribution in [1.29, 1.82) is 0 Å². The first-order chi connectivity index (χ1) is 43.3. The molecule has 2 fully saturated rings. The molecule has 0 spiro atoms. The second-order valence-electron chi connectivity index (χ2n) is 27.9. The Morgan fingerprint density at radius 1 is 0.516 bits per heavy atom. The van der Waals surface area contributed by atoms with Crippen molar-refractivity contribution in [3.8, 4) is 0 Å². The maximum atomic E-state index is 15.2. The molecule has 26 heteroatoms. The van der Waals surface area contributed by atoms with Crippen LogP contribution in [0, 0.1) is 41.4 Å². The first-order valence-corrected chi connectivity index (χ1v) is 33.6. The van der Waals surface area contributed by atoms with Gasteiger partial charge < -0.3 is 70.6 Å². The molecule has 0 saturated carbocycles. The van der Waals surface area contributed by atoms with Crippen LogP contribution in [0.25, 0.3) is 0 Å². The van der Waals surface area contributed by atoms with Crippen LogP contribution in [0.1, 0.15) is 150 Å². The van der Waals surface area contributed by atoms with Crippen LogP contribution >= 0.6 is 0 Å². The Morgan fingerprint density at radius 2 is 1.00 bits per heavy atom. The molecular weight excluding hydrogens is 1200 g/mol. The maximum Gasteiger partial charge on any atom is 0.246 e. The van der Waals surface area contributed by atoms with Gasteiger partial charge in [0.2, 0.25) is 65.0 Å². The quantitative estimate of drug-likeness (QED) is 0.0799. The van der Waals surface area contributed by atoms with E-state index in [-0.39, 0.29) is 50.0 Å². The molecule has 2 rings (SSSR count). The lowest BCUT2D eigenvalue weighted by Crippen LogP contribution is -2.64. The van der Waals surface area contributed by atoms with E-state index in [1.165, 1.54) is 82.7 Å². The van der Waals surface area contributed by atoms with E-state index in [2.05, 4.69) is 31.5 Å². The van der Waals surface area contributed by atoms with Crippen LogP contribution in [0.3, 0.4) is 0 Å². The third-order valence-corrected chi connectivity index (χ3v) is 18.0. The van der Waals surface area contributed by atoms with Crippen LogP contribution in [-0.2, 0) is 62.2 Å². The molecule has 0 aromatic rings. The predicted molar refractivity (Wildman–Crippen MR) is 356 cm³/mol. The third-order valence-electron chi connectivity index (χ3n) is 18.0. The van der Waals surface area contributed by atoms with E-state index < -0.39 is 161 Å². The fourth-order valence-corrected chi connectivity index (χ4v) is 11.7. The molecule has 0 bridgehead atoms. The monoisotopic (exact) mass is 1320 g/mol. The van der Waals surface area contributed by atoms with Gasteiger partial charge in [-0.05, 0) is 95.3 Å². The van der Waals surface area contributed by atoms with Crippen molar-refractivity contribution in [2.24, 2.45) is 41.4 Å². The summed E-state index contributed by atoms with van der Waals surface area (Å²) in [5, 5.41) is 26.0. The number of hydrogen-bond donors (Lipinski definition) is 6. The molecule has 0 radical (unpaired) electrons. The molecule has 2 aliphatic heterocycles. The lowest BCUT2D eigenvalue weighted by Gasteiger charge is -2.41. The number of carbonyl (C=O) groups is 11. The van der Waals surface area contributed by atoms with Gasteiger partial charge in [0, 0.05) is 67.8 Å². The largest absolute Gasteiger partial charge is 0.390 e. The second-order valence-corrected chi connectivity index (χ2v) is 27.9. The highest BCUT2D eigenvalue weighted by Crippen LogP contribution is 2.26. The fourth-order valence-electron chi connectivity index (χ4n) is 11.7.